The van der Waals surface area contributed by atoms with E-state index in [-0.39, 0.29) is 18.6 Å². The normalized spacial score (nSPS) is 15.7. The molecule has 0 spiro atoms. The minimum absolute atomic E-state index is 0.0175. The number of rotatable bonds is 4. The van der Waals surface area contributed by atoms with Gasteiger partial charge in [0.1, 0.15) is 0 Å². The molecule has 5 heteroatoms. The second-order valence-corrected chi connectivity index (χ2v) is 6.11. The predicted molar refractivity (Wildman–Crippen MR) is 79.5 cm³/mol. The van der Waals surface area contributed by atoms with E-state index in [4.69, 9.17) is 11.6 Å². The standard InChI is InChI=1S/C14H17BrClNO2/c15-10-5-6-12(13(16)9-10)14(19)17(7-8-18)11-3-1-2-4-11/h5-6,9,11,18H,1-4,7-8H2. The molecule has 1 saturated carbocycles. The quantitative estimate of drug-likeness (QED) is 0.907. The van der Waals surface area contributed by atoms with Gasteiger partial charge in [0, 0.05) is 17.1 Å². The molecule has 1 aliphatic rings. The van der Waals surface area contributed by atoms with Crippen LogP contribution in [-0.2, 0) is 0 Å². The molecular weight excluding hydrogens is 330 g/mol. The second kappa shape index (κ2) is 6.73. The molecular formula is C14H17BrClNO2. The van der Waals surface area contributed by atoms with Crippen LogP contribution in [0.15, 0.2) is 22.7 Å². The lowest BCUT2D eigenvalue weighted by atomic mass is 10.1. The number of carbonyl (C=O) groups is 1. The van der Waals surface area contributed by atoms with Crippen molar-refractivity contribution in [1.29, 1.82) is 0 Å². The van der Waals surface area contributed by atoms with Crippen molar-refractivity contribution in [3.8, 4) is 0 Å². The molecule has 104 valence electrons. The van der Waals surface area contributed by atoms with Gasteiger partial charge in [0.25, 0.3) is 5.91 Å². The lowest BCUT2D eigenvalue weighted by Crippen LogP contribution is -2.40. The van der Waals surface area contributed by atoms with Gasteiger partial charge in [-0.15, -0.1) is 0 Å². The number of benzene rings is 1. The maximum absolute atomic E-state index is 12.6. The molecule has 0 atom stereocenters. The number of hydrogen-bond donors (Lipinski definition) is 1. The highest BCUT2D eigenvalue weighted by atomic mass is 79.9. The summed E-state index contributed by atoms with van der Waals surface area (Å²) in [7, 11) is 0. The fourth-order valence-corrected chi connectivity index (χ4v) is 3.35. The Balaban J connectivity index is 2.22. The summed E-state index contributed by atoms with van der Waals surface area (Å²) in [5, 5.41) is 9.62. The van der Waals surface area contributed by atoms with E-state index in [0.29, 0.717) is 17.1 Å². The minimum atomic E-state index is -0.0848. The molecule has 2 rings (SSSR count). The largest absolute Gasteiger partial charge is 0.395 e. The summed E-state index contributed by atoms with van der Waals surface area (Å²) in [5.74, 6) is -0.0848. The Morgan fingerprint density at radius 1 is 1.42 bits per heavy atom. The number of aliphatic hydroxyl groups is 1. The average molecular weight is 347 g/mol. The minimum Gasteiger partial charge on any atom is -0.395 e. The van der Waals surface area contributed by atoms with Gasteiger partial charge in [0.15, 0.2) is 0 Å². The van der Waals surface area contributed by atoms with Crippen LogP contribution in [0.5, 0.6) is 0 Å². The Bertz CT molecular complexity index is 461. The first-order valence-electron chi connectivity index (χ1n) is 6.50. The van der Waals surface area contributed by atoms with Gasteiger partial charge in [-0.3, -0.25) is 4.79 Å². The third-order valence-corrected chi connectivity index (χ3v) is 4.33. The maximum Gasteiger partial charge on any atom is 0.255 e. The van der Waals surface area contributed by atoms with Crippen LogP contribution < -0.4 is 0 Å². The summed E-state index contributed by atoms with van der Waals surface area (Å²) in [6.45, 7) is 0.353. The third kappa shape index (κ3) is 3.50. The first kappa shape index (κ1) is 14.8. The summed E-state index contributed by atoms with van der Waals surface area (Å²) in [6, 6.07) is 5.50. The van der Waals surface area contributed by atoms with Crippen molar-refractivity contribution in [3.05, 3.63) is 33.3 Å². The monoisotopic (exact) mass is 345 g/mol. The summed E-state index contributed by atoms with van der Waals surface area (Å²) >= 11 is 9.47. The fraction of sp³-hybridized carbons (Fsp3) is 0.500. The van der Waals surface area contributed by atoms with E-state index in [0.717, 1.165) is 30.2 Å². The molecule has 1 aromatic rings. The van der Waals surface area contributed by atoms with Crippen LogP contribution in [0.1, 0.15) is 36.0 Å². The zero-order valence-corrected chi connectivity index (χ0v) is 13.0. The predicted octanol–water partition coefficient (Wildman–Crippen LogP) is 3.48. The molecule has 0 unspecified atom stereocenters. The zero-order chi connectivity index (χ0) is 13.8. The van der Waals surface area contributed by atoms with E-state index in [1.54, 1.807) is 17.0 Å². The summed E-state index contributed by atoms with van der Waals surface area (Å²) < 4.78 is 0.851. The molecule has 0 aromatic heterocycles. The van der Waals surface area contributed by atoms with Crippen molar-refractivity contribution in [2.24, 2.45) is 0 Å². The van der Waals surface area contributed by atoms with Gasteiger partial charge >= 0.3 is 0 Å². The molecule has 1 aliphatic carbocycles. The molecule has 0 bridgehead atoms. The topological polar surface area (TPSA) is 40.5 Å². The number of hydrogen-bond acceptors (Lipinski definition) is 2. The van der Waals surface area contributed by atoms with Crippen molar-refractivity contribution in [3.63, 3.8) is 0 Å². The van der Waals surface area contributed by atoms with E-state index >= 15 is 0 Å². The van der Waals surface area contributed by atoms with E-state index < -0.39 is 0 Å². The van der Waals surface area contributed by atoms with Gasteiger partial charge in [-0.2, -0.15) is 0 Å². The zero-order valence-electron chi connectivity index (χ0n) is 10.6. The Hall–Kier alpha value is -0.580. The lowest BCUT2D eigenvalue weighted by molar-refractivity contribution is 0.0638. The first-order chi connectivity index (χ1) is 9.13. The maximum atomic E-state index is 12.6. The average Bonchev–Trinajstić information content (AvgIpc) is 2.89. The van der Waals surface area contributed by atoms with Gasteiger partial charge < -0.3 is 10.0 Å². The van der Waals surface area contributed by atoms with Gasteiger partial charge in [0.2, 0.25) is 0 Å². The molecule has 0 radical (unpaired) electrons. The Labute approximate surface area is 126 Å². The highest BCUT2D eigenvalue weighted by molar-refractivity contribution is 9.10. The first-order valence-corrected chi connectivity index (χ1v) is 7.67. The summed E-state index contributed by atoms with van der Waals surface area (Å²) in [4.78, 5) is 14.3. The number of carbonyl (C=O) groups excluding carboxylic acids is 1. The lowest BCUT2D eigenvalue weighted by Gasteiger charge is -2.28. The molecule has 1 aromatic carbocycles. The second-order valence-electron chi connectivity index (χ2n) is 4.78. The van der Waals surface area contributed by atoms with Crippen LogP contribution in [0.3, 0.4) is 0 Å². The SMILES string of the molecule is O=C(c1ccc(Br)cc1Cl)N(CCO)C1CCCC1. The summed E-state index contributed by atoms with van der Waals surface area (Å²) in [5.41, 5.74) is 0.505. The molecule has 0 saturated heterocycles. The van der Waals surface area contributed by atoms with Crippen molar-refractivity contribution >= 4 is 33.4 Å². The van der Waals surface area contributed by atoms with Crippen LogP contribution in [0, 0.1) is 0 Å². The number of halogens is 2. The van der Waals surface area contributed by atoms with Crippen LogP contribution >= 0.6 is 27.5 Å². The van der Waals surface area contributed by atoms with Crippen molar-refractivity contribution in [1.82, 2.24) is 4.90 Å². The van der Waals surface area contributed by atoms with Crippen molar-refractivity contribution in [2.45, 2.75) is 31.7 Å². The molecule has 0 heterocycles. The van der Waals surface area contributed by atoms with Crippen molar-refractivity contribution in [2.75, 3.05) is 13.2 Å². The van der Waals surface area contributed by atoms with Crippen LogP contribution in [-0.4, -0.2) is 35.1 Å². The number of aliphatic hydroxyl groups excluding tert-OH is 1. The molecule has 3 nitrogen and oxygen atoms in total. The number of nitrogens with zero attached hydrogens (tertiary/aromatic N) is 1. The third-order valence-electron chi connectivity index (χ3n) is 3.53. The molecule has 1 fully saturated rings. The fourth-order valence-electron chi connectivity index (χ4n) is 2.59. The van der Waals surface area contributed by atoms with Gasteiger partial charge in [-0.25, -0.2) is 0 Å². The Kier molecular flexibility index (Phi) is 5.25. The van der Waals surface area contributed by atoms with Gasteiger partial charge in [-0.1, -0.05) is 40.4 Å². The van der Waals surface area contributed by atoms with Gasteiger partial charge in [-0.05, 0) is 31.0 Å². The molecule has 1 N–H and O–H groups in total. The van der Waals surface area contributed by atoms with E-state index in [1.807, 2.05) is 6.07 Å². The van der Waals surface area contributed by atoms with Gasteiger partial charge in [0.05, 0.1) is 17.2 Å². The van der Waals surface area contributed by atoms with Crippen molar-refractivity contribution < 1.29 is 9.90 Å². The molecule has 19 heavy (non-hydrogen) atoms. The van der Waals surface area contributed by atoms with Crippen LogP contribution in [0.25, 0.3) is 0 Å². The Morgan fingerprint density at radius 3 is 2.68 bits per heavy atom. The Morgan fingerprint density at radius 2 is 2.11 bits per heavy atom. The highest BCUT2D eigenvalue weighted by Gasteiger charge is 2.27. The molecule has 0 aliphatic heterocycles. The van der Waals surface area contributed by atoms with Crippen LogP contribution in [0.2, 0.25) is 5.02 Å². The molecule has 1 amide bonds. The highest BCUT2D eigenvalue weighted by Crippen LogP contribution is 2.27. The summed E-state index contributed by atoms with van der Waals surface area (Å²) in [6.07, 6.45) is 4.32. The number of amides is 1. The van der Waals surface area contributed by atoms with E-state index in [1.165, 1.54) is 0 Å². The van der Waals surface area contributed by atoms with E-state index in [9.17, 15) is 9.90 Å². The van der Waals surface area contributed by atoms with Crippen LogP contribution in [0.4, 0.5) is 0 Å². The van der Waals surface area contributed by atoms with E-state index in [2.05, 4.69) is 15.9 Å². The smallest absolute Gasteiger partial charge is 0.255 e.